The second-order valence-corrected chi connectivity index (χ2v) is 10.3. The van der Waals surface area contributed by atoms with Crippen molar-refractivity contribution in [2.75, 3.05) is 13.2 Å². The van der Waals surface area contributed by atoms with Gasteiger partial charge in [-0.1, -0.05) is 148 Å². The summed E-state index contributed by atoms with van der Waals surface area (Å²) in [5.41, 5.74) is 0. The zero-order valence-electron chi connectivity index (χ0n) is 29.5. The van der Waals surface area contributed by atoms with Gasteiger partial charge >= 0.3 is 5.97 Å². The van der Waals surface area contributed by atoms with Crippen molar-refractivity contribution in [3.8, 4) is 0 Å². The SMILES string of the molecule is CC/C=C\C/C=C\C/C=C\C/C=C\C/C=C\C/C=C\CCCO.CC/C=C\C/C=C\C/C=C\C/C=C\C/C=C\CCC(=O)OCC. The molecule has 0 heterocycles. The van der Waals surface area contributed by atoms with Crippen LogP contribution in [0.3, 0.4) is 0 Å². The summed E-state index contributed by atoms with van der Waals surface area (Å²) >= 11 is 0. The van der Waals surface area contributed by atoms with Crippen molar-refractivity contribution in [3.63, 3.8) is 0 Å². The van der Waals surface area contributed by atoms with Gasteiger partial charge in [0.25, 0.3) is 0 Å². The predicted molar refractivity (Wildman–Crippen MR) is 205 cm³/mol. The second kappa shape index (κ2) is 43.7. The number of allylic oxidation sites excluding steroid dienone is 22. The monoisotopic (exact) mass is 631 g/mol. The molecule has 256 valence electrons. The van der Waals surface area contributed by atoms with Crippen molar-refractivity contribution in [1.82, 2.24) is 0 Å². The minimum atomic E-state index is -0.117. The van der Waals surface area contributed by atoms with Crippen LogP contribution in [0.15, 0.2) is 134 Å². The molecule has 0 amide bonds. The van der Waals surface area contributed by atoms with Crippen LogP contribution in [0.5, 0.6) is 0 Å². The molecule has 0 aliphatic rings. The molecule has 0 aliphatic heterocycles. The molecule has 0 spiro atoms. The topological polar surface area (TPSA) is 46.5 Å². The molecule has 0 radical (unpaired) electrons. The van der Waals surface area contributed by atoms with Crippen molar-refractivity contribution in [1.29, 1.82) is 0 Å². The first kappa shape index (κ1) is 44.7. The van der Waals surface area contributed by atoms with Crippen LogP contribution in [0, 0.1) is 0 Å². The summed E-state index contributed by atoms with van der Waals surface area (Å²) in [5, 5.41) is 8.64. The zero-order chi connectivity index (χ0) is 33.9. The van der Waals surface area contributed by atoms with Crippen LogP contribution in [0.1, 0.15) is 117 Å². The normalized spacial score (nSPS) is 13.0. The molecule has 0 bridgehead atoms. The van der Waals surface area contributed by atoms with Gasteiger partial charge in [0.1, 0.15) is 0 Å². The maximum absolute atomic E-state index is 11.1. The van der Waals surface area contributed by atoms with E-state index < -0.39 is 0 Å². The van der Waals surface area contributed by atoms with Crippen molar-refractivity contribution < 1.29 is 14.6 Å². The lowest BCUT2D eigenvalue weighted by Crippen LogP contribution is -2.02. The molecule has 0 unspecified atom stereocenters. The Labute approximate surface area is 284 Å². The number of aliphatic hydroxyl groups is 1. The molecule has 0 aromatic rings. The third-order valence-electron chi connectivity index (χ3n) is 6.10. The predicted octanol–water partition coefficient (Wildman–Crippen LogP) is 12.5. The molecule has 46 heavy (non-hydrogen) atoms. The van der Waals surface area contributed by atoms with Crippen LogP contribution < -0.4 is 0 Å². The third kappa shape index (κ3) is 45.0. The van der Waals surface area contributed by atoms with Crippen LogP contribution in [0.4, 0.5) is 0 Å². The molecule has 0 rings (SSSR count). The zero-order valence-corrected chi connectivity index (χ0v) is 29.5. The molecule has 0 saturated carbocycles. The number of carbonyl (C=O) groups excluding carboxylic acids is 1. The molecule has 1 N–H and O–H groups in total. The highest BCUT2D eigenvalue weighted by Crippen LogP contribution is 1.99. The van der Waals surface area contributed by atoms with E-state index in [2.05, 4.69) is 141 Å². The van der Waals surface area contributed by atoms with E-state index in [1.165, 1.54) is 0 Å². The van der Waals surface area contributed by atoms with Gasteiger partial charge in [-0.05, 0) is 96.8 Å². The molecule has 0 aromatic heterocycles. The van der Waals surface area contributed by atoms with E-state index in [0.717, 1.165) is 89.9 Å². The van der Waals surface area contributed by atoms with Crippen LogP contribution >= 0.6 is 0 Å². The number of rotatable bonds is 27. The van der Waals surface area contributed by atoms with Crippen molar-refractivity contribution in [2.45, 2.75) is 117 Å². The lowest BCUT2D eigenvalue weighted by Gasteiger charge is -1.97. The summed E-state index contributed by atoms with van der Waals surface area (Å²) in [6.45, 7) is 6.88. The minimum Gasteiger partial charge on any atom is -0.466 e. The van der Waals surface area contributed by atoms with E-state index in [1.807, 2.05) is 13.0 Å². The van der Waals surface area contributed by atoms with Gasteiger partial charge in [-0.2, -0.15) is 0 Å². The van der Waals surface area contributed by atoms with E-state index in [0.29, 0.717) is 13.0 Å². The highest BCUT2D eigenvalue weighted by Gasteiger charge is 1.97. The number of ether oxygens (including phenoxy) is 1. The Morgan fingerprint density at radius 1 is 0.435 bits per heavy atom. The number of unbranched alkanes of at least 4 members (excludes halogenated alkanes) is 1. The molecule has 0 saturated heterocycles. The van der Waals surface area contributed by atoms with Gasteiger partial charge < -0.3 is 9.84 Å². The Morgan fingerprint density at radius 3 is 1.00 bits per heavy atom. The average molecular weight is 631 g/mol. The van der Waals surface area contributed by atoms with Gasteiger partial charge in [0.05, 0.1) is 6.61 Å². The second-order valence-electron chi connectivity index (χ2n) is 10.3. The van der Waals surface area contributed by atoms with Crippen molar-refractivity contribution in [3.05, 3.63) is 134 Å². The highest BCUT2D eigenvalue weighted by molar-refractivity contribution is 5.69. The Hall–Kier alpha value is -3.43. The quantitative estimate of drug-likeness (QED) is 0.0558. The summed E-state index contributed by atoms with van der Waals surface area (Å²) < 4.78 is 4.86. The van der Waals surface area contributed by atoms with E-state index in [-0.39, 0.29) is 12.6 Å². The number of hydrogen-bond donors (Lipinski definition) is 1. The summed E-state index contributed by atoms with van der Waals surface area (Å²) in [7, 11) is 0. The van der Waals surface area contributed by atoms with Gasteiger partial charge in [-0.25, -0.2) is 0 Å². The van der Waals surface area contributed by atoms with Gasteiger partial charge in [0.2, 0.25) is 0 Å². The highest BCUT2D eigenvalue weighted by atomic mass is 16.5. The number of hydrogen-bond acceptors (Lipinski definition) is 3. The Kier molecular flexibility index (Phi) is 42.5. The largest absolute Gasteiger partial charge is 0.466 e. The molecule has 0 aliphatic carbocycles. The molecule has 3 heteroatoms. The lowest BCUT2D eigenvalue weighted by molar-refractivity contribution is -0.143. The first-order valence-corrected chi connectivity index (χ1v) is 17.6. The van der Waals surface area contributed by atoms with Crippen molar-refractivity contribution >= 4 is 5.97 Å². The first-order valence-electron chi connectivity index (χ1n) is 17.6. The number of aliphatic hydroxyl groups excluding tert-OH is 1. The Balaban J connectivity index is 0. The number of esters is 1. The van der Waals surface area contributed by atoms with Gasteiger partial charge in [0, 0.05) is 13.0 Å². The maximum atomic E-state index is 11.1. The van der Waals surface area contributed by atoms with E-state index in [1.54, 1.807) is 0 Å². The van der Waals surface area contributed by atoms with Crippen LogP contribution in [0.25, 0.3) is 0 Å². The summed E-state index contributed by atoms with van der Waals surface area (Å²) in [6, 6.07) is 0. The van der Waals surface area contributed by atoms with E-state index >= 15 is 0 Å². The maximum Gasteiger partial charge on any atom is 0.306 e. The lowest BCUT2D eigenvalue weighted by atomic mass is 10.2. The summed E-state index contributed by atoms with van der Waals surface area (Å²) in [6.07, 6.45) is 62.3. The van der Waals surface area contributed by atoms with Crippen molar-refractivity contribution in [2.24, 2.45) is 0 Å². The molecule has 0 fully saturated rings. The molecule has 0 atom stereocenters. The summed E-state index contributed by atoms with van der Waals surface area (Å²) in [5.74, 6) is -0.117. The third-order valence-corrected chi connectivity index (χ3v) is 6.10. The molecule has 3 nitrogen and oxygen atoms in total. The van der Waals surface area contributed by atoms with Crippen LogP contribution in [-0.2, 0) is 9.53 Å². The van der Waals surface area contributed by atoms with Gasteiger partial charge in [0.15, 0.2) is 0 Å². The van der Waals surface area contributed by atoms with Gasteiger partial charge in [-0.3, -0.25) is 4.79 Å². The van der Waals surface area contributed by atoms with Crippen LogP contribution in [-0.4, -0.2) is 24.3 Å². The first-order chi connectivity index (χ1) is 22.7. The minimum absolute atomic E-state index is 0.117. The fourth-order valence-electron chi connectivity index (χ4n) is 3.65. The number of carbonyl (C=O) groups is 1. The van der Waals surface area contributed by atoms with Crippen LogP contribution in [0.2, 0.25) is 0 Å². The average Bonchev–Trinajstić information content (AvgIpc) is 3.06. The smallest absolute Gasteiger partial charge is 0.306 e. The fraction of sp³-hybridized carbons (Fsp3) is 0.465. The van der Waals surface area contributed by atoms with E-state index in [9.17, 15) is 4.79 Å². The van der Waals surface area contributed by atoms with Gasteiger partial charge in [-0.15, -0.1) is 0 Å². The Morgan fingerprint density at radius 2 is 0.717 bits per heavy atom. The summed E-state index contributed by atoms with van der Waals surface area (Å²) in [4.78, 5) is 11.1. The molecular formula is C43H66O3. The Bertz CT molecular complexity index is 964. The van der Waals surface area contributed by atoms with E-state index in [4.69, 9.17) is 9.84 Å². The standard InChI is InChI=1S/C22H34O.C21H32O2/c1-2-3-4-5-6-7-8-9-10-11-12-13-14-15-16-17-18-19-20-21-22-23;1-3-5-6-7-8-9-10-11-12-13-14-15-16-17-18-19-20-21(22)23-4-2/h3-4,6-7,9-10,12-13,15-16,18-19,23H,2,5,8,11,14,17,20-22H2,1H3;5-6,8-9,11-12,14-15,17-18H,3-4,7,10,13,16,19-20H2,1-2H3/b4-3-,7-6-,10-9-,13-12-,16-15-,19-18-;6-5-,9-8-,12-11-,15-14-,18-17-. The molecule has 0 aromatic carbocycles. The molecular weight excluding hydrogens is 564 g/mol. The fourth-order valence-corrected chi connectivity index (χ4v) is 3.65.